The summed E-state index contributed by atoms with van der Waals surface area (Å²) < 4.78 is 37.8. The highest BCUT2D eigenvalue weighted by Crippen LogP contribution is 2.34. The summed E-state index contributed by atoms with van der Waals surface area (Å²) in [7, 11) is 0. The Morgan fingerprint density at radius 1 is 1.29 bits per heavy atom. The molecule has 0 saturated heterocycles. The van der Waals surface area contributed by atoms with Crippen molar-refractivity contribution in [2.45, 2.75) is 13.1 Å². The molecule has 3 nitrogen and oxygen atoms in total. The monoisotopic (exact) mass is 263 g/mol. The lowest BCUT2D eigenvalue weighted by Gasteiger charge is -2.16. The Labute approximate surface area is 102 Å². The second-order valence-electron chi connectivity index (χ2n) is 3.15. The number of benzene rings is 1. The summed E-state index contributed by atoms with van der Waals surface area (Å²) in [5.41, 5.74) is 4.10. The number of thiocarbonyl (C=S) groups is 1. The molecule has 0 bridgehead atoms. The molecular weight excluding hydrogens is 251 g/mol. The first-order chi connectivity index (χ1) is 7.95. The Morgan fingerprint density at radius 3 is 2.53 bits per heavy atom. The SMILES string of the molecule is CCNC(=S)NNc1ccccc1C(F)(F)F. The topological polar surface area (TPSA) is 36.1 Å². The highest BCUT2D eigenvalue weighted by atomic mass is 32.1. The van der Waals surface area contributed by atoms with E-state index in [1.165, 1.54) is 18.2 Å². The average Bonchev–Trinajstić information content (AvgIpc) is 2.26. The zero-order valence-corrected chi connectivity index (χ0v) is 9.88. The molecule has 0 heterocycles. The van der Waals surface area contributed by atoms with Crippen LogP contribution in [0, 0.1) is 0 Å². The van der Waals surface area contributed by atoms with Crippen LogP contribution in [0.3, 0.4) is 0 Å². The first-order valence-corrected chi connectivity index (χ1v) is 5.32. The third-order valence-electron chi connectivity index (χ3n) is 1.88. The first-order valence-electron chi connectivity index (χ1n) is 4.91. The van der Waals surface area contributed by atoms with Gasteiger partial charge < -0.3 is 5.32 Å². The van der Waals surface area contributed by atoms with Crippen LogP contribution in [0.2, 0.25) is 0 Å². The van der Waals surface area contributed by atoms with E-state index in [2.05, 4.69) is 16.2 Å². The highest BCUT2D eigenvalue weighted by molar-refractivity contribution is 7.80. The maximum absolute atomic E-state index is 12.6. The van der Waals surface area contributed by atoms with Gasteiger partial charge in [0.1, 0.15) is 0 Å². The zero-order chi connectivity index (χ0) is 12.9. The van der Waals surface area contributed by atoms with E-state index in [1.807, 2.05) is 6.92 Å². The number of anilines is 1. The summed E-state index contributed by atoms with van der Waals surface area (Å²) in [5.74, 6) is 0. The molecule has 0 saturated carbocycles. The molecule has 1 aromatic rings. The van der Waals surface area contributed by atoms with E-state index in [9.17, 15) is 13.2 Å². The fourth-order valence-electron chi connectivity index (χ4n) is 1.17. The van der Waals surface area contributed by atoms with Gasteiger partial charge in [-0.3, -0.25) is 10.9 Å². The van der Waals surface area contributed by atoms with E-state index in [4.69, 9.17) is 12.2 Å². The summed E-state index contributed by atoms with van der Waals surface area (Å²) in [6.07, 6.45) is -4.40. The molecule has 0 amide bonds. The number of alkyl halides is 3. The number of hydrogen-bond acceptors (Lipinski definition) is 2. The third kappa shape index (κ3) is 4.10. The fourth-order valence-corrected chi connectivity index (χ4v) is 1.36. The number of rotatable bonds is 3. The molecule has 94 valence electrons. The van der Waals surface area contributed by atoms with Crippen LogP contribution in [0.4, 0.5) is 18.9 Å². The van der Waals surface area contributed by atoms with Gasteiger partial charge in [-0.1, -0.05) is 12.1 Å². The third-order valence-corrected chi connectivity index (χ3v) is 2.13. The van der Waals surface area contributed by atoms with Crippen molar-refractivity contribution in [2.24, 2.45) is 0 Å². The predicted octanol–water partition coefficient (Wildman–Crippen LogP) is 2.52. The van der Waals surface area contributed by atoms with Gasteiger partial charge in [0.05, 0.1) is 11.3 Å². The molecule has 1 aromatic carbocycles. The van der Waals surface area contributed by atoms with Crippen LogP contribution in [0.25, 0.3) is 0 Å². The van der Waals surface area contributed by atoms with Gasteiger partial charge in [0.2, 0.25) is 0 Å². The summed E-state index contributed by atoms with van der Waals surface area (Å²) in [4.78, 5) is 0. The Hall–Kier alpha value is -1.50. The summed E-state index contributed by atoms with van der Waals surface area (Å²) in [6, 6.07) is 5.16. The van der Waals surface area contributed by atoms with E-state index in [-0.39, 0.29) is 10.8 Å². The fraction of sp³-hybridized carbons (Fsp3) is 0.300. The molecule has 7 heteroatoms. The molecule has 0 atom stereocenters. The number of halogens is 3. The number of para-hydroxylation sites is 1. The standard InChI is InChI=1S/C10H12F3N3S/c1-2-14-9(17)16-15-8-6-4-3-5-7(8)10(11,12)13/h3-6,15H,2H2,1H3,(H2,14,16,17). The quantitative estimate of drug-likeness (QED) is 0.578. The second-order valence-corrected chi connectivity index (χ2v) is 3.56. The normalized spacial score (nSPS) is 10.8. The van der Waals surface area contributed by atoms with Crippen molar-refractivity contribution in [3.63, 3.8) is 0 Å². The molecule has 0 unspecified atom stereocenters. The summed E-state index contributed by atoms with van der Waals surface area (Å²) >= 11 is 4.82. The smallest absolute Gasteiger partial charge is 0.362 e. The number of hydrazine groups is 1. The molecule has 0 fully saturated rings. The van der Waals surface area contributed by atoms with Crippen molar-refractivity contribution in [3.8, 4) is 0 Å². The molecule has 1 rings (SSSR count). The number of hydrogen-bond donors (Lipinski definition) is 3. The zero-order valence-electron chi connectivity index (χ0n) is 9.06. The van der Waals surface area contributed by atoms with Gasteiger partial charge >= 0.3 is 6.18 Å². The Morgan fingerprint density at radius 2 is 1.94 bits per heavy atom. The molecule has 0 spiro atoms. The van der Waals surface area contributed by atoms with Gasteiger partial charge in [0.15, 0.2) is 5.11 Å². The van der Waals surface area contributed by atoms with Crippen molar-refractivity contribution in [3.05, 3.63) is 29.8 Å². The van der Waals surface area contributed by atoms with Crippen LogP contribution < -0.4 is 16.2 Å². The van der Waals surface area contributed by atoms with Crippen LogP contribution in [0.1, 0.15) is 12.5 Å². The first kappa shape index (κ1) is 13.6. The Balaban J connectivity index is 2.74. The van der Waals surface area contributed by atoms with Gasteiger partial charge in [-0.2, -0.15) is 13.2 Å². The largest absolute Gasteiger partial charge is 0.418 e. The molecule has 0 aliphatic carbocycles. The summed E-state index contributed by atoms with van der Waals surface area (Å²) in [5, 5.41) is 2.99. The van der Waals surface area contributed by atoms with Crippen molar-refractivity contribution in [1.29, 1.82) is 0 Å². The second kappa shape index (κ2) is 5.72. The van der Waals surface area contributed by atoms with Crippen LogP contribution in [-0.4, -0.2) is 11.7 Å². The van der Waals surface area contributed by atoms with Gasteiger partial charge in [0, 0.05) is 6.54 Å². The lowest BCUT2D eigenvalue weighted by atomic mass is 10.2. The lowest BCUT2D eigenvalue weighted by Crippen LogP contribution is -2.39. The molecule has 3 N–H and O–H groups in total. The van der Waals surface area contributed by atoms with Crippen molar-refractivity contribution in [1.82, 2.24) is 10.7 Å². The minimum absolute atomic E-state index is 0.0692. The van der Waals surface area contributed by atoms with E-state index < -0.39 is 11.7 Å². The van der Waals surface area contributed by atoms with Crippen LogP contribution in [-0.2, 0) is 6.18 Å². The van der Waals surface area contributed by atoms with Crippen LogP contribution >= 0.6 is 12.2 Å². The van der Waals surface area contributed by atoms with Gasteiger partial charge in [-0.25, -0.2) is 0 Å². The van der Waals surface area contributed by atoms with E-state index in [0.717, 1.165) is 6.07 Å². The maximum atomic E-state index is 12.6. The van der Waals surface area contributed by atoms with E-state index in [1.54, 1.807) is 0 Å². The summed E-state index contributed by atoms with van der Waals surface area (Å²) in [6.45, 7) is 2.42. The molecular formula is C10H12F3N3S. The van der Waals surface area contributed by atoms with Gasteiger partial charge in [-0.05, 0) is 31.3 Å². The number of nitrogens with one attached hydrogen (secondary N) is 3. The van der Waals surface area contributed by atoms with E-state index in [0.29, 0.717) is 6.54 Å². The van der Waals surface area contributed by atoms with E-state index >= 15 is 0 Å². The van der Waals surface area contributed by atoms with Crippen molar-refractivity contribution in [2.75, 3.05) is 12.0 Å². The van der Waals surface area contributed by atoms with Crippen molar-refractivity contribution < 1.29 is 13.2 Å². The molecule has 0 aliphatic rings. The Kier molecular flexibility index (Phi) is 4.56. The molecule has 0 aliphatic heterocycles. The molecule has 0 radical (unpaired) electrons. The van der Waals surface area contributed by atoms with Gasteiger partial charge in [-0.15, -0.1) is 0 Å². The lowest BCUT2D eigenvalue weighted by molar-refractivity contribution is -0.137. The Bertz CT molecular complexity index is 393. The molecule has 17 heavy (non-hydrogen) atoms. The van der Waals surface area contributed by atoms with Crippen LogP contribution in [0.15, 0.2) is 24.3 Å². The predicted molar refractivity (Wildman–Crippen MR) is 64.5 cm³/mol. The van der Waals surface area contributed by atoms with Crippen molar-refractivity contribution >= 4 is 23.0 Å². The average molecular weight is 263 g/mol. The van der Waals surface area contributed by atoms with Crippen LogP contribution in [0.5, 0.6) is 0 Å². The minimum Gasteiger partial charge on any atom is -0.362 e. The maximum Gasteiger partial charge on any atom is 0.418 e. The highest BCUT2D eigenvalue weighted by Gasteiger charge is 2.33. The van der Waals surface area contributed by atoms with Gasteiger partial charge in [0.25, 0.3) is 0 Å². The molecule has 0 aromatic heterocycles. The minimum atomic E-state index is -4.40.